The second-order valence-electron chi connectivity index (χ2n) is 6.46. The molecule has 3 heterocycles. The third kappa shape index (κ3) is 3.77. The molecule has 1 saturated heterocycles. The van der Waals surface area contributed by atoms with E-state index in [9.17, 15) is 4.79 Å². The Morgan fingerprint density at radius 3 is 2.69 bits per heavy atom. The first kappa shape index (κ1) is 18.9. The van der Waals surface area contributed by atoms with Gasteiger partial charge in [-0.3, -0.25) is 0 Å². The molecule has 1 fully saturated rings. The number of nitrogens with zero attached hydrogens (tertiary/aromatic N) is 2. The number of hydrogen-bond donors (Lipinski definition) is 0. The average Bonchev–Trinajstić information content (AvgIpc) is 3.04. The molecule has 0 atom stereocenters. The van der Waals surface area contributed by atoms with Crippen molar-refractivity contribution in [2.45, 2.75) is 18.9 Å². The van der Waals surface area contributed by atoms with E-state index in [0.717, 1.165) is 52.8 Å². The minimum atomic E-state index is -0.237. The molecular formula is C19H21ClN2O3S. The topological polar surface area (TPSA) is 51.7 Å². The van der Waals surface area contributed by atoms with Crippen LogP contribution in [0.3, 0.4) is 0 Å². The molecule has 4 rings (SSSR count). The Morgan fingerprint density at radius 2 is 1.96 bits per heavy atom. The number of fused-ring (bicyclic) bond motifs is 2. The average molecular weight is 393 g/mol. The number of pyridine rings is 1. The number of likely N-dealkylation sites (tertiary alicyclic amines) is 1. The number of carbonyl (C=O) groups is 1. The molecule has 0 aliphatic carbocycles. The van der Waals surface area contributed by atoms with Crippen LogP contribution in [0.4, 0.5) is 0 Å². The van der Waals surface area contributed by atoms with E-state index in [1.807, 2.05) is 24.3 Å². The van der Waals surface area contributed by atoms with Crippen molar-refractivity contribution in [2.24, 2.45) is 0 Å². The van der Waals surface area contributed by atoms with Crippen LogP contribution in [0.5, 0.6) is 5.75 Å². The van der Waals surface area contributed by atoms with E-state index in [2.05, 4.69) is 23.0 Å². The number of esters is 1. The van der Waals surface area contributed by atoms with Crippen LogP contribution in [0.2, 0.25) is 0 Å². The summed E-state index contributed by atoms with van der Waals surface area (Å²) in [5.74, 6) is 0.539. The van der Waals surface area contributed by atoms with Crippen LogP contribution in [-0.2, 0) is 4.74 Å². The summed E-state index contributed by atoms with van der Waals surface area (Å²) in [6.07, 6.45) is 1.81. The zero-order chi connectivity index (χ0) is 17.4. The maximum atomic E-state index is 12.5. The van der Waals surface area contributed by atoms with E-state index in [1.165, 1.54) is 11.3 Å². The fraction of sp³-hybridized carbons (Fsp3) is 0.368. The number of benzene rings is 1. The van der Waals surface area contributed by atoms with Crippen LogP contribution in [0, 0.1) is 0 Å². The molecule has 0 unspecified atom stereocenters. The van der Waals surface area contributed by atoms with Gasteiger partial charge in [0, 0.05) is 29.9 Å². The summed E-state index contributed by atoms with van der Waals surface area (Å²) in [5.41, 5.74) is 0.865. The van der Waals surface area contributed by atoms with Crippen LogP contribution >= 0.6 is 23.7 Å². The smallest absolute Gasteiger partial charge is 0.348 e. The van der Waals surface area contributed by atoms with Crippen molar-refractivity contribution >= 4 is 50.8 Å². The van der Waals surface area contributed by atoms with Gasteiger partial charge < -0.3 is 14.4 Å². The summed E-state index contributed by atoms with van der Waals surface area (Å²) < 4.78 is 10.9. The highest BCUT2D eigenvalue weighted by Gasteiger charge is 2.22. The third-order valence-corrected chi connectivity index (χ3v) is 5.68. The lowest BCUT2D eigenvalue weighted by atomic mass is 10.1. The maximum Gasteiger partial charge on any atom is 0.348 e. The number of ether oxygens (including phenoxy) is 2. The third-order valence-electron chi connectivity index (χ3n) is 4.65. The number of thiophene rings is 1. The van der Waals surface area contributed by atoms with Gasteiger partial charge in [-0.15, -0.1) is 23.7 Å². The van der Waals surface area contributed by atoms with Gasteiger partial charge in [-0.2, -0.15) is 0 Å². The van der Waals surface area contributed by atoms with Crippen LogP contribution in [0.25, 0.3) is 21.1 Å². The van der Waals surface area contributed by atoms with Crippen LogP contribution in [0.15, 0.2) is 30.3 Å². The predicted octanol–water partition coefficient (Wildman–Crippen LogP) is 4.13. The number of aromatic nitrogens is 1. The van der Waals surface area contributed by atoms with Crippen molar-refractivity contribution in [2.75, 3.05) is 27.2 Å². The van der Waals surface area contributed by atoms with E-state index in [1.54, 1.807) is 7.11 Å². The highest BCUT2D eigenvalue weighted by molar-refractivity contribution is 7.20. The summed E-state index contributed by atoms with van der Waals surface area (Å²) in [4.78, 5) is 20.9. The Balaban J connectivity index is 0.00000196. The fourth-order valence-electron chi connectivity index (χ4n) is 3.15. The Labute approximate surface area is 162 Å². The summed E-state index contributed by atoms with van der Waals surface area (Å²) >= 11 is 1.39. The van der Waals surface area contributed by atoms with Crippen molar-refractivity contribution < 1.29 is 14.3 Å². The summed E-state index contributed by atoms with van der Waals surface area (Å²) in [5, 5.41) is 2.00. The molecule has 1 aliphatic rings. The highest BCUT2D eigenvalue weighted by atomic mass is 35.5. The standard InChI is InChI=1S/C19H20N2O3S.ClH/c1-21-7-5-14(6-8-21)24-19(22)17-10-13-9-12-3-4-15(23-2)11-16(12)20-18(13)25-17;/h3-4,9-11,14H,5-8H2,1-2H3;1H. The Bertz CT molecular complexity index is 935. The molecule has 0 N–H and O–H groups in total. The lowest BCUT2D eigenvalue weighted by molar-refractivity contribution is 0.0145. The molecule has 3 aromatic rings. The number of hydrogen-bond acceptors (Lipinski definition) is 6. The zero-order valence-corrected chi connectivity index (χ0v) is 16.4. The molecule has 1 aromatic carbocycles. The minimum Gasteiger partial charge on any atom is -0.497 e. The van der Waals surface area contributed by atoms with Crippen molar-refractivity contribution in [3.63, 3.8) is 0 Å². The Morgan fingerprint density at radius 1 is 1.19 bits per heavy atom. The lowest BCUT2D eigenvalue weighted by Gasteiger charge is -2.28. The Hall–Kier alpha value is -1.89. The fourth-order valence-corrected chi connectivity index (χ4v) is 4.05. The van der Waals surface area contributed by atoms with Gasteiger partial charge in [0.15, 0.2) is 0 Å². The van der Waals surface area contributed by atoms with Gasteiger partial charge in [0.25, 0.3) is 0 Å². The predicted molar refractivity (Wildman–Crippen MR) is 107 cm³/mol. The van der Waals surface area contributed by atoms with E-state index in [0.29, 0.717) is 4.88 Å². The molecule has 0 radical (unpaired) electrons. The summed E-state index contributed by atoms with van der Waals surface area (Å²) in [6, 6.07) is 9.74. The molecule has 1 aliphatic heterocycles. The van der Waals surface area contributed by atoms with Crippen molar-refractivity contribution in [1.29, 1.82) is 0 Å². The van der Waals surface area contributed by atoms with E-state index < -0.39 is 0 Å². The zero-order valence-electron chi connectivity index (χ0n) is 14.7. The molecule has 0 bridgehead atoms. The van der Waals surface area contributed by atoms with E-state index in [-0.39, 0.29) is 24.5 Å². The van der Waals surface area contributed by atoms with Crippen LogP contribution in [0.1, 0.15) is 22.5 Å². The molecule has 5 nitrogen and oxygen atoms in total. The molecule has 26 heavy (non-hydrogen) atoms. The van der Waals surface area contributed by atoms with Gasteiger partial charge in [-0.05, 0) is 44.2 Å². The van der Waals surface area contributed by atoms with Crippen molar-refractivity contribution in [1.82, 2.24) is 9.88 Å². The van der Waals surface area contributed by atoms with Gasteiger partial charge in [0.05, 0.1) is 12.6 Å². The summed E-state index contributed by atoms with van der Waals surface area (Å²) in [6.45, 7) is 1.94. The number of carbonyl (C=O) groups excluding carboxylic acids is 1. The van der Waals surface area contributed by atoms with Crippen LogP contribution < -0.4 is 4.74 Å². The maximum absolute atomic E-state index is 12.5. The number of methoxy groups -OCH3 is 1. The van der Waals surface area contributed by atoms with E-state index in [4.69, 9.17) is 9.47 Å². The Kier molecular flexibility index (Phi) is 5.65. The lowest BCUT2D eigenvalue weighted by Crippen LogP contribution is -2.35. The largest absolute Gasteiger partial charge is 0.497 e. The van der Waals surface area contributed by atoms with Crippen molar-refractivity contribution in [3.8, 4) is 5.75 Å². The molecule has 2 aromatic heterocycles. The molecule has 7 heteroatoms. The second kappa shape index (κ2) is 7.78. The number of rotatable bonds is 3. The van der Waals surface area contributed by atoms with Gasteiger partial charge in [-0.25, -0.2) is 9.78 Å². The number of piperidine rings is 1. The van der Waals surface area contributed by atoms with Gasteiger partial charge in [0.2, 0.25) is 0 Å². The molecule has 0 amide bonds. The van der Waals surface area contributed by atoms with Gasteiger partial charge in [-0.1, -0.05) is 0 Å². The molecule has 0 saturated carbocycles. The SMILES string of the molecule is COc1ccc2cc3cc(C(=O)OC4CCN(C)CC4)sc3nc2c1.Cl. The van der Waals surface area contributed by atoms with Gasteiger partial charge >= 0.3 is 5.97 Å². The number of halogens is 1. The van der Waals surface area contributed by atoms with Gasteiger partial charge in [0.1, 0.15) is 21.6 Å². The quantitative estimate of drug-likeness (QED) is 0.627. The first-order valence-corrected chi connectivity index (χ1v) is 9.22. The second-order valence-corrected chi connectivity index (χ2v) is 7.49. The van der Waals surface area contributed by atoms with Crippen molar-refractivity contribution in [3.05, 3.63) is 35.2 Å². The highest BCUT2D eigenvalue weighted by Crippen LogP contribution is 2.30. The molecular weight excluding hydrogens is 372 g/mol. The van der Waals surface area contributed by atoms with Crippen LogP contribution in [-0.4, -0.2) is 49.2 Å². The monoisotopic (exact) mass is 392 g/mol. The normalized spacial score (nSPS) is 15.8. The minimum absolute atomic E-state index is 0. The molecule has 138 valence electrons. The molecule has 0 spiro atoms. The summed E-state index contributed by atoms with van der Waals surface area (Å²) in [7, 11) is 3.73. The first-order valence-electron chi connectivity index (χ1n) is 8.40. The van der Waals surface area contributed by atoms with E-state index >= 15 is 0 Å². The first-order chi connectivity index (χ1) is 12.1.